The average molecular weight is 194 g/mol. The molecule has 0 spiro atoms. The first kappa shape index (κ1) is 8.42. The number of carboxylic acid groups (broad SMARTS) is 1. The first-order chi connectivity index (χ1) is 6.77. The molecule has 0 aliphatic carbocycles. The third-order valence-electron chi connectivity index (χ3n) is 1.52. The van der Waals surface area contributed by atoms with Crippen LogP contribution in [0.4, 0.5) is 0 Å². The van der Waals surface area contributed by atoms with Gasteiger partial charge >= 0.3 is 5.97 Å². The fraction of sp³-hybridized carbons (Fsp3) is 0.143. The fourth-order valence-corrected chi connectivity index (χ4v) is 0.978. The maximum absolute atomic E-state index is 10.3. The van der Waals surface area contributed by atoms with Crippen molar-refractivity contribution in [3.8, 4) is 5.88 Å². The second-order valence-electron chi connectivity index (χ2n) is 2.46. The maximum Gasteiger partial charge on any atom is 0.341 e. The first-order valence-electron chi connectivity index (χ1n) is 3.76. The van der Waals surface area contributed by atoms with Gasteiger partial charge in [0.1, 0.15) is 6.33 Å². The predicted octanol–water partition coefficient (Wildman–Crippen LogP) is -0.184. The summed E-state index contributed by atoms with van der Waals surface area (Å²) >= 11 is 0. The molecule has 0 fully saturated rings. The Labute approximate surface area is 77.8 Å². The molecule has 0 atom stereocenters. The topological polar surface area (TPSA) is 101 Å². The van der Waals surface area contributed by atoms with Crippen molar-refractivity contribution in [3.63, 3.8) is 0 Å². The number of nitrogens with zero attached hydrogens (tertiary/aromatic N) is 3. The molecule has 0 aliphatic rings. The number of fused-ring (bicyclic) bond motifs is 1. The van der Waals surface area contributed by atoms with Crippen LogP contribution >= 0.6 is 0 Å². The van der Waals surface area contributed by atoms with E-state index in [9.17, 15) is 4.79 Å². The Balaban J connectivity index is 2.32. The lowest BCUT2D eigenvalue weighted by Gasteiger charge is -2.00. The van der Waals surface area contributed by atoms with Crippen LogP contribution < -0.4 is 4.74 Å². The molecule has 2 heterocycles. The van der Waals surface area contributed by atoms with E-state index in [4.69, 9.17) is 9.84 Å². The number of aliphatic carboxylic acids is 1. The number of imidazole rings is 1. The lowest BCUT2D eigenvalue weighted by atomic mass is 10.5. The highest BCUT2D eigenvalue weighted by molar-refractivity contribution is 5.76. The predicted molar refractivity (Wildman–Crippen MR) is 44.8 cm³/mol. The van der Waals surface area contributed by atoms with Crippen molar-refractivity contribution >= 4 is 17.1 Å². The molecule has 0 unspecified atom stereocenters. The second-order valence-corrected chi connectivity index (χ2v) is 2.46. The van der Waals surface area contributed by atoms with Gasteiger partial charge in [-0.15, -0.1) is 0 Å². The third-order valence-corrected chi connectivity index (χ3v) is 1.52. The largest absolute Gasteiger partial charge is 0.479 e. The van der Waals surface area contributed by atoms with Crippen molar-refractivity contribution < 1.29 is 14.6 Å². The van der Waals surface area contributed by atoms with Crippen molar-refractivity contribution in [2.75, 3.05) is 6.61 Å². The summed E-state index contributed by atoms with van der Waals surface area (Å²) in [5.41, 5.74) is 0.939. The molecule has 72 valence electrons. The number of carbonyl (C=O) groups is 1. The third kappa shape index (κ3) is 1.47. The van der Waals surface area contributed by atoms with Crippen molar-refractivity contribution in [3.05, 3.63) is 12.7 Å². The molecule has 0 aromatic carbocycles. The summed E-state index contributed by atoms with van der Waals surface area (Å²) in [5.74, 6) is -0.897. The average Bonchev–Trinajstić information content (AvgIpc) is 2.62. The highest BCUT2D eigenvalue weighted by atomic mass is 16.5. The smallest absolute Gasteiger partial charge is 0.341 e. The van der Waals surface area contributed by atoms with E-state index in [1.54, 1.807) is 0 Å². The Morgan fingerprint density at radius 2 is 2.36 bits per heavy atom. The van der Waals surface area contributed by atoms with Gasteiger partial charge in [0.25, 0.3) is 0 Å². The van der Waals surface area contributed by atoms with Crippen LogP contribution in [0.25, 0.3) is 11.2 Å². The summed E-state index contributed by atoms with van der Waals surface area (Å²) < 4.78 is 4.91. The van der Waals surface area contributed by atoms with Gasteiger partial charge in [0.05, 0.1) is 6.33 Å². The fourth-order valence-electron chi connectivity index (χ4n) is 0.978. The van der Waals surface area contributed by atoms with Gasteiger partial charge in [0.15, 0.2) is 17.8 Å². The van der Waals surface area contributed by atoms with Gasteiger partial charge in [0.2, 0.25) is 5.88 Å². The van der Waals surface area contributed by atoms with Gasteiger partial charge in [-0.25, -0.2) is 14.8 Å². The van der Waals surface area contributed by atoms with E-state index in [2.05, 4.69) is 19.9 Å². The monoisotopic (exact) mass is 194 g/mol. The summed E-state index contributed by atoms with van der Waals surface area (Å²) in [7, 11) is 0. The molecule has 0 saturated heterocycles. The summed E-state index contributed by atoms with van der Waals surface area (Å²) in [6.45, 7) is -0.445. The number of hydrogen-bond acceptors (Lipinski definition) is 5. The summed E-state index contributed by atoms with van der Waals surface area (Å²) in [5, 5.41) is 8.40. The van der Waals surface area contributed by atoms with Gasteiger partial charge in [0, 0.05) is 0 Å². The highest BCUT2D eigenvalue weighted by Crippen LogP contribution is 2.16. The van der Waals surface area contributed by atoms with Gasteiger partial charge in [-0.1, -0.05) is 0 Å². The molecule has 2 aromatic heterocycles. The van der Waals surface area contributed by atoms with E-state index in [1.807, 2.05) is 0 Å². The van der Waals surface area contributed by atoms with Crippen LogP contribution in [0, 0.1) is 0 Å². The van der Waals surface area contributed by atoms with Crippen molar-refractivity contribution in [1.82, 2.24) is 19.9 Å². The summed E-state index contributed by atoms with van der Waals surface area (Å²) in [4.78, 5) is 24.6. The molecule has 7 heteroatoms. The maximum atomic E-state index is 10.3. The number of carboxylic acids is 1. The summed E-state index contributed by atoms with van der Waals surface area (Å²) in [6, 6.07) is 0. The van der Waals surface area contributed by atoms with E-state index >= 15 is 0 Å². The van der Waals surface area contributed by atoms with E-state index in [-0.39, 0.29) is 5.88 Å². The van der Waals surface area contributed by atoms with E-state index in [0.29, 0.717) is 11.2 Å². The second kappa shape index (κ2) is 3.29. The zero-order valence-corrected chi connectivity index (χ0v) is 6.97. The Hall–Kier alpha value is -2.18. The molecule has 0 aliphatic heterocycles. The number of aromatic nitrogens is 4. The normalized spacial score (nSPS) is 10.3. The Kier molecular flexibility index (Phi) is 1.98. The molecular weight excluding hydrogens is 188 g/mol. The summed E-state index contributed by atoms with van der Waals surface area (Å²) in [6.07, 6.45) is 2.71. The minimum absolute atomic E-state index is 0.165. The molecule has 14 heavy (non-hydrogen) atoms. The SMILES string of the molecule is O=C(O)COc1ncnc2[nH]cnc12. The van der Waals surface area contributed by atoms with E-state index in [0.717, 1.165) is 0 Å². The molecule has 0 radical (unpaired) electrons. The van der Waals surface area contributed by atoms with Crippen LogP contribution in [0.5, 0.6) is 5.88 Å². The molecule has 2 aromatic rings. The molecule has 0 saturated carbocycles. The van der Waals surface area contributed by atoms with Crippen LogP contribution in [0.1, 0.15) is 0 Å². The molecule has 7 nitrogen and oxygen atoms in total. The van der Waals surface area contributed by atoms with Gasteiger partial charge in [-0.3, -0.25) is 0 Å². The zero-order valence-electron chi connectivity index (χ0n) is 6.97. The Morgan fingerprint density at radius 1 is 1.50 bits per heavy atom. The molecule has 0 amide bonds. The number of ether oxygens (including phenoxy) is 1. The van der Waals surface area contributed by atoms with E-state index in [1.165, 1.54) is 12.7 Å². The Morgan fingerprint density at radius 3 is 3.14 bits per heavy atom. The number of nitrogens with one attached hydrogen (secondary N) is 1. The molecule has 0 bridgehead atoms. The van der Waals surface area contributed by atoms with Crippen LogP contribution in [0.2, 0.25) is 0 Å². The standard InChI is InChI=1S/C7H6N4O3/c12-4(13)1-14-7-5-6(9-2-8-5)10-3-11-7/h2-3H,1H2,(H,12,13)(H,8,9,10,11). The van der Waals surface area contributed by atoms with Crippen molar-refractivity contribution in [2.24, 2.45) is 0 Å². The molecule has 2 rings (SSSR count). The van der Waals surface area contributed by atoms with Gasteiger partial charge in [-0.2, -0.15) is 4.98 Å². The first-order valence-corrected chi connectivity index (χ1v) is 3.76. The number of hydrogen-bond donors (Lipinski definition) is 2. The Bertz CT molecular complexity index is 467. The lowest BCUT2D eigenvalue weighted by Crippen LogP contribution is -2.10. The number of aromatic amines is 1. The minimum Gasteiger partial charge on any atom is -0.479 e. The van der Waals surface area contributed by atoms with E-state index < -0.39 is 12.6 Å². The highest BCUT2D eigenvalue weighted by Gasteiger charge is 2.08. The van der Waals surface area contributed by atoms with Crippen LogP contribution in [0.15, 0.2) is 12.7 Å². The minimum atomic E-state index is -1.06. The van der Waals surface area contributed by atoms with Crippen molar-refractivity contribution in [1.29, 1.82) is 0 Å². The number of H-pyrrole nitrogens is 1. The quantitative estimate of drug-likeness (QED) is 0.702. The van der Waals surface area contributed by atoms with Crippen LogP contribution in [0.3, 0.4) is 0 Å². The van der Waals surface area contributed by atoms with Gasteiger partial charge < -0.3 is 14.8 Å². The molecule has 2 N–H and O–H groups in total. The zero-order chi connectivity index (χ0) is 9.97. The number of rotatable bonds is 3. The molecular formula is C7H6N4O3. The van der Waals surface area contributed by atoms with Crippen LogP contribution in [-0.4, -0.2) is 37.6 Å². The van der Waals surface area contributed by atoms with Crippen LogP contribution in [-0.2, 0) is 4.79 Å². The van der Waals surface area contributed by atoms with Gasteiger partial charge in [-0.05, 0) is 0 Å². The van der Waals surface area contributed by atoms with Crippen molar-refractivity contribution in [2.45, 2.75) is 0 Å². The lowest BCUT2D eigenvalue weighted by molar-refractivity contribution is -0.139.